The second kappa shape index (κ2) is 6.82. The molecule has 144 valence electrons. The van der Waals surface area contributed by atoms with Gasteiger partial charge in [-0.3, -0.25) is 4.79 Å². The Bertz CT molecular complexity index is 1020. The van der Waals surface area contributed by atoms with E-state index in [2.05, 4.69) is 4.98 Å². The Morgan fingerprint density at radius 1 is 1.04 bits per heavy atom. The van der Waals surface area contributed by atoms with Crippen molar-refractivity contribution in [3.8, 4) is 11.1 Å². The van der Waals surface area contributed by atoms with Crippen LogP contribution >= 0.6 is 0 Å². The van der Waals surface area contributed by atoms with Gasteiger partial charge in [0.05, 0.1) is 5.56 Å². The minimum Gasteiger partial charge on any atom is -0.331 e. The molecular formula is C21H18F3N3O. The maximum atomic E-state index is 12.8. The van der Waals surface area contributed by atoms with Gasteiger partial charge in [-0.2, -0.15) is 13.2 Å². The molecule has 0 N–H and O–H groups in total. The summed E-state index contributed by atoms with van der Waals surface area (Å²) in [5.41, 5.74) is 3.04. The molecule has 0 fully saturated rings. The van der Waals surface area contributed by atoms with Gasteiger partial charge in [0.25, 0.3) is 5.91 Å². The largest absolute Gasteiger partial charge is 0.416 e. The normalized spacial score (nSPS) is 14.1. The van der Waals surface area contributed by atoms with Crippen LogP contribution in [0.4, 0.5) is 13.2 Å². The molecule has 1 aliphatic rings. The zero-order valence-electron chi connectivity index (χ0n) is 15.2. The summed E-state index contributed by atoms with van der Waals surface area (Å²) < 4.78 is 40.0. The first-order chi connectivity index (χ1) is 13.3. The lowest BCUT2D eigenvalue weighted by atomic mass is 9.94. The van der Waals surface area contributed by atoms with Gasteiger partial charge in [0.1, 0.15) is 0 Å². The summed E-state index contributed by atoms with van der Waals surface area (Å²) in [5.74, 6) is 0.264. The van der Waals surface area contributed by atoms with Gasteiger partial charge in [-0.1, -0.05) is 24.3 Å². The molecule has 1 aliphatic heterocycles. The average molecular weight is 385 g/mol. The van der Waals surface area contributed by atoms with E-state index in [1.807, 2.05) is 18.2 Å². The molecular weight excluding hydrogens is 367 g/mol. The monoisotopic (exact) mass is 385 g/mol. The lowest BCUT2D eigenvalue weighted by Gasteiger charge is -2.29. The van der Waals surface area contributed by atoms with Crippen LogP contribution in [-0.2, 0) is 26.2 Å². The highest BCUT2D eigenvalue weighted by molar-refractivity contribution is 5.91. The van der Waals surface area contributed by atoms with Crippen molar-refractivity contribution in [3.05, 3.63) is 77.4 Å². The number of hydrogen-bond acceptors (Lipinski definition) is 2. The van der Waals surface area contributed by atoms with Crippen LogP contribution in [0.2, 0.25) is 0 Å². The van der Waals surface area contributed by atoms with Crippen molar-refractivity contribution in [2.24, 2.45) is 7.05 Å². The van der Waals surface area contributed by atoms with E-state index in [9.17, 15) is 18.0 Å². The number of hydrogen-bond donors (Lipinski definition) is 0. The third-order valence-corrected chi connectivity index (χ3v) is 5.06. The summed E-state index contributed by atoms with van der Waals surface area (Å²) in [7, 11) is 1.78. The van der Waals surface area contributed by atoms with E-state index < -0.39 is 11.7 Å². The van der Waals surface area contributed by atoms with Gasteiger partial charge in [0.2, 0.25) is 0 Å². The first-order valence-electron chi connectivity index (χ1n) is 8.89. The second-order valence-corrected chi connectivity index (χ2v) is 6.90. The standard InChI is InChI=1S/C21H18F3N3O/c1-26-11-9-25-19(26)20(28)27-10-8-15-2-3-16(12-17(15)13-27)14-4-6-18(7-5-14)21(22,23)24/h2-7,9,11-12H,8,10,13H2,1H3. The van der Waals surface area contributed by atoms with Crippen LogP contribution in [0, 0.1) is 0 Å². The summed E-state index contributed by atoms with van der Waals surface area (Å²) in [4.78, 5) is 18.6. The van der Waals surface area contributed by atoms with Crippen LogP contribution in [0.1, 0.15) is 27.3 Å². The fourth-order valence-corrected chi connectivity index (χ4v) is 3.47. The minimum atomic E-state index is -4.35. The van der Waals surface area contributed by atoms with E-state index in [-0.39, 0.29) is 5.91 Å². The minimum absolute atomic E-state index is 0.127. The smallest absolute Gasteiger partial charge is 0.331 e. The Balaban J connectivity index is 1.59. The molecule has 3 aromatic rings. The van der Waals surface area contributed by atoms with Crippen LogP contribution in [0.25, 0.3) is 11.1 Å². The molecule has 0 saturated carbocycles. The van der Waals surface area contributed by atoms with Crippen LogP contribution < -0.4 is 0 Å². The number of aryl methyl sites for hydroxylation is 1. The molecule has 0 atom stereocenters. The number of fused-ring (bicyclic) bond motifs is 1. The number of imidazole rings is 1. The Morgan fingerprint density at radius 2 is 1.75 bits per heavy atom. The topological polar surface area (TPSA) is 38.1 Å². The van der Waals surface area contributed by atoms with Crippen LogP contribution in [0.15, 0.2) is 54.9 Å². The number of rotatable bonds is 2. The number of amides is 1. The summed E-state index contributed by atoms with van der Waals surface area (Å²) in [6, 6.07) is 11.0. The average Bonchev–Trinajstić information content (AvgIpc) is 3.12. The number of carbonyl (C=O) groups is 1. The number of halogens is 3. The van der Waals surface area contributed by atoms with Crippen molar-refractivity contribution >= 4 is 5.91 Å². The van der Waals surface area contributed by atoms with Gasteiger partial charge >= 0.3 is 6.18 Å². The maximum absolute atomic E-state index is 12.8. The first-order valence-corrected chi connectivity index (χ1v) is 8.89. The summed E-state index contributed by atoms with van der Waals surface area (Å²) >= 11 is 0. The Labute approximate surface area is 160 Å². The summed E-state index contributed by atoms with van der Waals surface area (Å²) in [6.07, 6.45) is -0.291. The molecule has 0 spiro atoms. The molecule has 2 aromatic carbocycles. The highest BCUT2D eigenvalue weighted by atomic mass is 19.4. The number of carbonyl (C=O) groups excluding carboxylic acids is 1. The molecule has 0 radical (unpaired) electrons. The Morgan fingerprint density at radius 3 is 2.39 bits per heavy atom. The fourth-order valence-electron chi connectivity index (χ4n) is 3.47. The second-order valence-electron chi connectivity index (χ2n) is 6.90. The molecule has 1 aromatic heterocycles. The zero-order chi connectivity index (χ0) is 19.9. The predicted molar refractivity (Wildman–Crippen MR) is 98.5 cm³/mol. The lowest BCUT2D eigenvalue weighted by molar-refractivity contribution is -0.137. The molecule has 0 bridgehead atoms. The Kier molecular flexibility index (Phi) is 4.45. The number of aromatic nitrogens is 2. The molecule has 4 nitrogen and oxygen atoms in total. The molecule has 0 saturated heterocycles. The van der Waals surface area contributed by atoms with Gasteiger partial charge in [-0.15, -0.1) is 0 Å². The van der Waals surface area contributed by atoms with E-state index in [0.717, 1.165) is 35.2 Å². The number of benzene rings is 2. The molecule has 0 aliphatic carbocycles. The summed E-state index contributed by atoms with van der Waals surface area (Å²) in [6.45, 7) is 1.06. The highest BCUT2D eigenvalue weighted by Gasteiger charge is 2.30. The van der Waals surface area contributed by atoms with Crippen LogP contribution in [0.3, 0.4) is 0 Å². The van der Waals surface area contributed by atoms with Gasteiger partial charge in [0.15, 0.2) is 5.82 Å². The number of nitrogens with zero attached hydrogens (tertiary/aromatic N) is 3. The Hall–Kier alpha value is -3.09. The molecule has 2 heterocycles. The van der Waals surface area contributed by atoms with Crippen molar-refractivity contribution in [1.82, 2.24) is 14.5 Å². The van der Waals surface area contributed by atoms with Gasteiger partial charge in [-0.05, 0) is 46.9 Å². The van der Waals surface area contributed by atoms with Crippen LogP contribution in [-0.4, -0.2) is 26.9 Å². The highest BCUT2D eigenvalue weighted by Crippen LogP contribution is 2.32. The van der Waals surface area contributed by atoms with Crippen molar-refractivity contribution in [2.75, 3.05) is 6.54 Å². The fraction of sp³-hybridized carbons (Fsp3) is 0.238. The van der Waals surface area contributed by atoms with E-state index in [1.165, 1.54) is 12.1 Å². The summed E-state index contributed by atoms with van der Waals surface area (Å²) in [5, 5.41) is 0. The van der Waals surface area contributed by atoms with E-state index in [0.29, 0.717) is 24.5 Å². The predicted octanol–water partition coefficient (Wildman–Crippen LogP) is 4.30. The third kappa shape index (κ3) is 3.40. The van der Waals surface area contributed by atoms with Gasteiger partial charge < -0.3 is 9.47 Å². The maximum Gasteiger partial charge on any atom is 0.416 e. The molecule has 28 heavy (non-hydrogen) atoms. The van der Waals surface area contributed by atoms with Crippen LogP contribution in [0.5, 0.6) is 0 Å². The van der Waals surface area contributed by atoms with Crippen molar-refractivity contribution in [2.45, 2.75) is 19.1 Å². The van der Waals surface area contributed by atoms with E-state index >= 15 is 0 Å². The quantitative estimate of drug-likeness (QED) is 0.660. The molecule has 1 amide bonds. The van der Waals surface area contributed by atoms with Crippen molar-refractivity contribution in [1.29, 1.82) is 0 Å². The molecule has 7 heteroatoms. The third-order valence-electron chi connectivity index (χ3n) is 5.06. The van der Waals surface area contributed by atoms with Crippen molar-refractivity contribution < 1.29 is 18.0 Å². The lowest BCUT2D eigenvalue weighted by Crippen LogP contribution is -2.37. The zero-order valence-corrected chi connectivity index (χ0v) is 15.2. The first kappa shape index (κ1) is 18.3. The number of alkyl halides is 3. The molecule has 4 rings (SSSR count). The van der Waals surface area contributed by atoms with E-state index in [1.54, 1.807) is 28.9 Å². The van der Waals surface area contributed by atoms with Gasteiger partial charge in [-0.25, -0.2) is 4.98 Å². The van der Waals surface area contributed by atoms with Gasteiger partial charge in [0, 0.05) is 32.5 Å². The van der Waals surface area contributed by atoms with Crippen molar-refractivity contribution in [3.63, 3.8) is 0 Å². The van der Waals surface area contributed by atoms with E-state index in [4.69, 9.17) is 0 Å². The SMILES string of the molecule is Cn1ccnc1C(=O)N1CCc2ccc(-c3ccc(C(F)(F)F)cc3)cc2C1. The molecule has 0 unspecified atom stereocenters.